The first-order valence-electron chi connectivity index (χ1n) is 7.11. The quantitative estimate of drug-likeness (QED) is 0.727. The van der Waals surface area contributed by atoms with E-state index in [2.05, 4.69) is 40.0 Å². The number of benzene rings is 2. The summed E-state index contributed by atoms with van der Waals surface area (Å²) >= 11 is 5.88. The SMILES string of the molecule is Cc1nc2ccccc2n1CCNCc1ccc(Cl)cc1. The molecule has 2 aromatic carbocycles. The van der Waals surface area contributed by atoms with Gasteiger partial charge < -0.3 is 9.88 Å². The first kappa shape index (κ1) is 14.1. The summed E-state index contributed by atoms with van der Waals surface area (Å²) in [7, 11) is 0. The number of aryl methyl sites for hydroxylation is 1. The Morgan fingerprint density at radius 3 is 2.67 bits per heavy atom. The molecule has 1 aromatic heterocycles. The fraction of sp³-hybridized carbons (Fsp3) is 0.235. The number of hydrogen-bond acceptors (Lipinski definition) is 2. The van der Waals surface area contributed by atoms with Crippen LogP contribution in [0.15, 0.2) is 48.5 Å². The second-order valence-corrected chi connectivity index (χ2v) is 5.54. The maximum Gasteiger partial charge on any atom is 0.106 e. The standard InChI is InChI=1S/C17H18ClN3/c1-13-20-16-4-2-3-5-17(16)21(13)11-10-19-12-14-6-8-15(18)9-7-14/h2-9,19H,10-12H2,1H3. The van der Waals surface area contributed by atoms with Gasteiger partial charge in [0.15, 0.2) is 0 Å². The normalized spacial score (nSPS) is 11.1. The monoisotopic (exact) mass is 299 g/mol. The summed E-state index contributed by atoms with van der Waals surface area (Å²) in [5.74, 6) is 1.06. The highest BCUT2D eigenvalue weighted by Gasteiger charge is 2.05. The summed E-state index contributed by atoms with van der Waals surface area (Å²) in [4.78, 5) is 4.58. The molecule has 21 heavy (non-hydrogen) atoms. The van der Waals surface area contributed by atoms with E-state index < -0.39 is 0 Å². The lowest BCUT2D eigenvalue weighted by atomic mass is 10.2. The Hall–Kier alpha value is -1.84. The van der Waals surface area contributed by atoms with Crippen LogP contribution in [0.4, 0.5) is 0 Å². The van der Waals surface area contributed by atoms with Gasteiger partial charge >= 0.3 is 0 Å². The second kappa shape index (κ2) is 6.29. The smallest absolute Gasteiger partial charge is 0.106 e. The molecule has 3 rings (SSSR count). The van der Waals surface area contributed by atoms with Crippen LogP contribution in [0, 0.1) is 6.92 Å². The summed E-state index contributed by atoms with van der Waals surface area (Å²) in [6.45, 7) is 4.73. The summed E-state index contributed by atoms with van der Waals surface area (Å²) in [5.41, 5.74) is 3.50. The number of rotatable bonds is 5. The third-order valence-electron chi connectivity index (χ3n) is 3.60. The van der Waals surface area contributed by atoms with Crippen molar-refractivity contribution in [2.75, 3.05) is 6.54 Å². The molecule has 1 N–H and O–H groups in total. The third kappa shape index (κ3) is 3.26. The average molecular weight is 300 g/mol. The van der Waals surface area contributed by atoms with E-state index in [1.54, 1.807) is 0 Å². The zero-order chi connectivity index (χ0) is 14.7. The number of aromatic nitrogens is 2. The predicted molar refractivity (Wildman–Crippen MR) is 87.6 cm³/mol. The van der Waals surface area contributed by atoms with Crippen LogP contribution in [0.1, 0.15) is 11.4 Å². The first-order chi connectivity index (χ1) is 10.2. The lowest BCUT2D eigenvalue weighted by Crippen LogP contribution is -2.20. The van der Waals surface area contributed by atoms with Crippen molar-refractivity contribution in [2.45, 2.75) is 20.0 Å². The fourth-order valence-corrected chi connectivity index (χ4v) is 2.63. The van der Waals surface area contributed by atoms with Crippen molar-refractivity contribution < 1.29 is 0 Å². The van der Waals surface area contributed by atoms with Crippen molar-refractivity contribution in [3.05, 3.63) is 64.9 Å². The van der Waals surface area contributed by atoms with Crippen LogP contribution >= 0.6 is 11.6 Å². The molecule has 0 spiro atoms. The molecule has 0 aliphatic carbocycles. The number of para-hydroxylation sites is 2. The lowest BCUT2D eigenvalue weighted by Gasteiger charge is -2.08. The number of fused-ring (bicyclic) bond motifs is 1. The van der Waals surface area contributed by atoms with Gasteiger partial charge in [0, 0.05) is 24.7 Å². The van der Waals surface area contributed by atoms with Crippen LogP contribution in [-0.2, 0) is 13.1 Å². The van der Waals surface area contributed by atoms with Crippen molar-refractivity contribution in [1.82, 2.24) is 14.9 Å². The first-order valence-corrected chi connectivity index (χ1v) is 7.49. The number of imidazole rings is 1. The maximum absolute atomic E-state index is 5.88. The molecule has 0 fully saturated rings. The van der Waals surface area contributed by atoms with Gasteiger partial charge in [-0.3, -0.25) is 0 Å². The van der Waals surface area contributed by atoms with Crippen molar-refractivity contribution in [2.24, 2.45) is 0 Å². The summed E-state index contributed by atoms with van der Waals surface area (Å²) < 4.78 is 2.25. The summed E-state index contributed by atoms with van der Waals surface area (Å²) in [6.07, 6.45) is 0. The van der Waals surface area contributed by atoms with E-state index in [1.807, 2.05) is 30.3 Å². The molecule has 0 amide bonds. The van der Waals surface area contributed by atoms with Gasteiger partial charge in [-0.25, -0.2) is 4.98 Å². The van der Waals surface area contributed by atoms with E-state index in [0.717, 1.165) is 36.0 Å². The van der Waals surface area contributed by atoms with Crippen LogP contribution in [-0.4, -0.2) is 16.1 Å². The lowest BCUT2D eigenvalue weighted by molar-refractivity contribution is 0.597. The van der Waals surface area contributed by atoms with Crippen molar-refractivity contribution in [3.8, 4) is 0 Å². The molecular formula is C17H18ClN3. The number of nitrogens with zero attached hydrogens (tertiary/aromatic N) is 2. The van der Waals surface area contributed by atoms with Gasteiger partial charge in [0.1, 0.15) is 5.82 Å². The molecule has 1 heterocycles. The van der Waals surface area contributed by atoms with Gasteiger partial charge in [-0.1, -0.05) is 35.9 Å². The van der Waals surface area contributed by atoms with Gasteiger partial charge in [-0.2, -0.15) is 0 Å². The van der Waals surface area contributed by atoms with E-state index >= 15 is 0 Å². The predicted octanol–water partition coefficient (Wildman–Crippen LogP) is 3.79. The Labute approximate surface area is 129 Å². The zero-order valence-corrected chi connectivity index (χ0v) is 12.8. The van der Waals surface area contributed by atoms with Gasteiger partial charge in [0.25, 0.3) is 0 Å². The minimum absolute atomic E-state index is 0.777. The molecular weight excluding hydrogens is 282 g/mol. The van der Waals surface area contributed by atoms with E-state index in [9.17, 15) is 0 Å². The van der Waals surface area contributed by atoms with Crippen molar-refractivity contribution >= 4 is 22.6 Å². The van der Waals surface area contributed by atoms with Gasteiger partial charge in [-0.15, -0.1) is 0 Å². The highest BCUT2D eigenvalue weighted by Crippen LogP contribution is 2.15. The fourth-order valence-electron chi connectivity index (χ4n) is 2.50. The van der Waals surface area contributed by atoms with Crippen LogP contribution in [0.3, 0.4) is 0 Å². The topological polar surface area (TPSA) is 29.9 Å². The molecule has 0 radical (unpaired) electrons. The van der Waals surface area contributed by atoms with Gasteiger partial charge in [0.2, 0.25) is 0 Å². The Morgan fingerprint density at radius 1 is 1.10 bits per heavy atom. The number of halogens is 1. The molecule has 0 unspecified atom stereocenters. The molecule has 3 aromatic rings. The van der Waals surface area contributed by atoms with E-state index in [-0.39, 0.29) is 0 Å². The minimum Gasteiger partial charge on any atom is -0.327 e. The van der Waals surface area contributed by atoms with Crippen molar-refractivity contribution in [3.63, 3.8) is 0 Å². The zero-order valence-electron chi connectivity index (χ0n) is 12.0. The van der Waals surface area contributed by atoms with Crippen LogP contribution in [0.2, 0.25) is 5.02 Å². The highest BCUT2D eigenvalue weighted by atomic mass is 35.5. The summed E-state index contributed by atoms with van der Waals surface area (Å²) in [5, 5.41) is 4.24. The van der Waals surface area contributed by atoms with E-state index in [4.69, 9.17) is 11.6 Å². The number of nitrogens with one attached hydrogen (secondary N) is 1. The van der Waals surface area contributed by atoms with E-state index in [0.29, 0.717) is 0 Å². The van der Waals surface area contributed by atoms with Crippen LogP contribution in [0.25, 0.3) is 11.0 Å². The minimum atomic E-state index is 0.777. The second-order valence-electron chi connectivity index (χ2n) is 5.10. The van der Waals surface area contributed by atoms with Crippen LogP contribution < -0.4 is 5.32 Å². The molecule has 0 aliphatic rings. The Morgan fingerprint density at radius 2 is 1.86 bits per heavy atom. The Bertz CT molecular complexity index is 731. The molecule has 108 valence electrons. The molecule has 4 heteroatoms. The van der Waals surface area contributed by atoms with Gasteiger partial charge in [-0.05, 0) is 36.8 Å². The van der Waals surface area contributed by atoms with Crippen molar-refractivity contribution in [1.29, 1.82) is 0 Å². The molecule has 0 saturated heterocycles. The molecule has 0 saturated carbocycles. The Balaban J connectivity index is 1.59. The summed E-state index contributed by atoms with van der Waals surface area (Å²) in [6, 6.07) is 16.2. The molecule has 0 atom stereocenters. The highest BCUT2D eigenvalue weighted by molar-refractivity contribution is 6.30. The van der Waals surface area contributed by atoms with Crippen LogP contribution in [0.5, 0.6) is 0 Å². The molecule has 0 bridgehead atoms. The maximum atomic E-state index is 5.88. The number of hydrogen-bond donors (Lipinski definition) is 1. The average Bonchev–Trinajstić information content (AvgIpc) is 2.81. The van der Waals surface area contributed by atoms with Gasteiger partial charge in [0.05, 0.1) is 11.0 Å². The third-order valence-corrected chi connectivity index (χ3v) is 3.85. The van der Waals surface area contributed by atoms with E-state index in [1.165, 1.54) is 11.1 Å². The molecule has 3 nitrogen and oxygen atoms in total. The molecule has 0 aliphatic heterocycles. The largest absolute Gasteiger partial charge is 0.327 e. The Kier molecular flexibility index (Phi) is 4.23.